The Morgan fingerprint density at radius 1 is 1.27 bits per heavy atom. The Labute approximate surface area is 60.7 Å². The van der Waals surface area contributed by atoms with Crippen molar-refractivity contribution < 1.29 is 22.0 Å². The number of alkyl halides is 4. The van der Waals surface area contributed by atoms with Crippen molar-refractivity contribution >= 4 is 0 Å². The Bertz CT molecular complexity index is 164. The summed E-state index contributed by atoms with van der Waals surface area (Å²) in [6.07, 6.45) is -6.97. The van der Waals surface area contributed by atoms with Gasteiger partial charge in [-0.1, -0.05) is 0 Å². The van der Waals surface area contributed by atoms with Crippen molar-refractivity contribution in [2.24, 2.45) is 0 Å². The number of halogens is 5. The molecule has 11 heavy (non-hydrogen) atoms. The molecule has 0 aromatic rings. The Balaban J connectivity index is 4.67. The van der Waals surface area contributed by atoms with E-state index in [1.54, 1.807) is 0 Å². The van der Waals surface area contributed by atoms with E-state index in [2.05, 4.69) is 0 Å². The van der Waals surface area contributed by atoms with Gasteiger partial charge in [-0.25, -0.2) is 8.78 Å². The van der Waals surface area contributed by atoms with Crippen molar-refractivity contribution in [2.75, 3.05) is 0 Å². The van der Waals surface area contributed by atoms with Gasteiger partial charge in [0.1, 0.15) is 12.0 Å². The average molecular weight is 174 g/mol. The van der Waals surface area contributed by atoms with E-state index in [-0.39, 0.29) is 0 Å². The van der Waals surface area contributed by atoms with Crippen molar-refractivity contribution in [3.8, 4) is 0 Å². The molecule has 1 unspecified atom stereocenters. The summed E-state index contributed by atoms with van der Waals surface area (Å²) < 4.78 is 58.9. The molecule has 0 aliphatic rings. The molecule has 0 aromatic heterocycles. The second-order valence-electron chi connectivity index (χ2n) is 2.09. The predicted octanol–water partition coefficient (Wildman–Crippen LogP) is 3.15. The lowest BCUT2D eigenvalue weighted by Gasteiger charge is -2.08. The normalized spacial score (nSPS) is 17.7. The maximum Gasteiger partial charge on any atom is 0.414 e. The van der Waals surface area contributed by atoms with Crippen molar-refractivity contribution in [1.29, 1.82) is 0 Å². The molecule has 0 radical (unpaired) electrons. The zero-order valence-electron chi connectivity index (χ0n) is 5.97. The highest BCUT2D eigenvalue weighted by Gasteiger charge is 2.34. The van der Waals surface area contributed by atoms with Crippen LogP contribution in [0.5, 0.6) is 0 Å². The third kappa shape index (κ3) is 2.86. The summed E-state index contributed by atoms with van der Waals surface area (Å²) in [6, 6.07) is 0. The minimum atomic E-state index is -4.77. The quantitative estimate of drug-likeness (QED) is 0.535. The lowest BCUT2D eigenvalue weighted by Crippen LogP contribution is -2.13. The molecule has 5 heteroatoms. The molecule has 66 valence electrons. The van der Waals surface area contributed by atoms with Crippen LogP contribution < -0.4 is 0 Å². The Morgan fingerprint density at radius 3 is 1.73 bits per heavy atom. The minimum Gasteiger partial charge on any atom is -0.240 e. The zero-order chi connectivity index (χ0) is 9.23. The lowest BCUT2D eigenvalue weighted by atomic mass is 10.2. The van der Waals surface area contributed by atoms with Gasteiger partial charge in [-0.2, -0.15) is 13.2 Å². The van der Waals surface area contributed by atoms with Crippen LogP contribution in [0, 0.1) is 0 Å². The van der Waals surface area contributed by atoms with E-state index < -0.39 is 23.7 Å². The number of rotatable bonds is 1. The SMILES string of the molecule is CC(=C(F)C(C)F)C(F)(F)F. The first kappa shape index (κ1) is 10.4. The van der Waals surface area contributed by atoms with Crippen molar-refractivity contribution in [2.45, 2.75) is 26.2 Å². The summed E-state index contributed by atoms with van der Waals surface area (Å²) in [5.74, 6) is -1.75. The molecule has 0 saturated heterocycles. The number of hydrogen-bond acceptors (Lipinski definition) is 0. The highest BCUT2D eigenvalue weighted by Crippen LogP contribution is 2.29. The van der Waals surface area contributed by atoms with E-state index in [4.69, 9.17) is 0 Å². The summed E-state index contributed by atoms with van der Waals surface area (Å²) >= 11 is 0. The van der Waals surface area contributed by atoms with Gasteiger partial charge in [0.05, 0.1) is 5.57 Å². The van der Waals surface area contributed by atoms with E-state index in [1.165, 1.54) is 0 Å². The predicted molar refractivity (Wildman–Crippen MR) is 30.4 cm³/mol. The molecule has 0 rings (SSSR count). The zero-order valence-corrected chi connectivity index (χ0v) is 5.97. The monoisotopic (exact) mass is 174 g/mol. The first-order valence-electron chi connectivity index (χ1n) is 2.84. The number of hydrogen-bond donors (Lipinski definition) is 0. The summed E-state index contributed by atoms with van der Waals surface area (Å²) in [7, 11) is 0. The third-order valence-electron chi connectivity index (χ3n) is 1.13. The van der Waals surface area contributed by atoms with Crippen molar-refractivity contribution in [3.63, 3.8) is 0 Å². The molecular weight excluding hydrogens is 167 g/mol. The first-order valence-corrected chi connectivity index (χ1v) is 2.84. The smallest absolute Gasteiger partial charge is 0.240 e. The Morgan fingerprint density at radius 2 is 1.64 bits per heavy atom. The van der Waals surface area contributed by atoms with Gasteiger partial charge in [0.25, 0.3) is 0 Å². The van der Waals surface area contributed by atoms with Gasteiger partial charge >= 0.3 is 6.18 Å². The fourth-order valence-electron chi connectivity index (χ4n) is 0.434. The fraction of sp³-hybridized carbons (Fsp3) is 0.667. The van der Waals surface area contributed by atoms with Gasteiger partial charge in [0, 0.05) is 0 Å². The van der Waals surface area contributed by atoms with Crippen molar-refractivity contribution in [1.82, 2.24) is 0 Å². The van der Waals surface area contributed by atoms with E-state index in [9.17, 15) is 22.0 Å². The maximum atomic E-state index is 12.2. The van der Waals surface area contributed by atoms with E-state index in [0.717, 1.165) is 0 Å². The fourth-order valence-corrected chi connectivity index (χ4v) is 0.434. The van der Waals surface area contributed by atoms with Crippen LogP contribution in [0.2, 0.25) is 0 Å². The van der Waals surface area contributed by atoms with Crippen LogP contribution >= 0.6 is 0 Å². The molecule has 0 aliphatic heterocycles. The van der Waals surface area contributed by atoms with Crippen LogP contribution in [-0.2, 0) is 0 Å². The summed E-state index contributed by atoms with van der Waals surface area (Å²) in [4.78, 5) is 0. The molecule has 0 saturated carbocycles. The third-order valence-corrected chi connectivity index (χ3v) is 1.13. The minimum absolute atomic E-state index is 0.505. The Hall–Kier alpha value is -0.610. The highest BCUT2D eigenvalue weighted by atomic mass is 19.4. The van der Waals surface area contributed by atoms with E-state index in [1.807, 2.05) is 0 Å². The highest BCUT2D eigenvalue weighted by molar-refractivity contribution is 5.13. The van der Waals surface area contributed by atoms with Gasteiger partial charge in [-0.05, 0) is 13.8 Å². The first-order chi connectivity index (χ1) is 4.76. The molecule has 0 aromatic carbocycles. The second-order valence-corrected chi connectivity index (χ2v) is 2.09. The molecule has 0 N–H and O–H groups in total. The summed E-state index contributed by atoms with van der Waals surface area (Å²) in [5, 5.41) is 0. The lowest BCUT2D eigenvalue weighted by molar-refractivity contribution is -0.0940. The van der Waals surface area contributed by atoms with Crippen LogP contribution in [0.1, 0.15) is 13.8 Å². The van der Waals surface area contributed by atoms with E-state index >= 15 is 0 Å². The van der Waals surface area contributed by atoms with Crippen LogP contribution in [0.15, 0.2) is 11.4 Å². The topological polar surface area (TPSA) is 0 Å². The van der Waals surface area contributed by atoms with Crippen LogP contribution in [0.3, 0.4) is 0 Å². The molecule has 0 heterocycles. The molecule has 0 amide bonds. The van der Waals surface area contributed by atoms with Gasteiger partial charge in [-0.3, -0.25) is 0 Å². The largest absolute Gasteiger partial charge is 0.414 e. The van der Waals surface area contributed by atoms with Gasteiger partial charge < -0.3 is 0 Å². The molecule has 1 atom stereocenters. The summed E-state index contributed by atoms with van der Waals surface area (Å²) in [5.41, 5.74) is -1.51. The van der Waals surface area contributed by atoms with Crippen LogP contribution in [0.25, 0.3) is 0 Å². The van der Waals surface area contributed by atoms with Gasteiger partial charge in [-0.15, -0.1) is 0 Å². The molecule has 0 bridgehead atoms. The van der Waals surface area contributed by atoms with E-state index in [0.29, 0.717) is 13.8 Å². The number of allylic oxidation sites excluding steroid dienone is 2. The van der Waals surface area contributed by atoms with Crippen LogP contribution in [0.4, 0.5) is 22.0 Å². The average Bonchev–Trinajstić information content (AvgIpc) is 1.82. The van der Waals surface area contributed by atoms with Crippen molar-refractivity contribution in [3.05, 3.63) is 11.4 Å². The Kier molecular flexibility index (Phi) is 3.02. The molecule has 0 nitrogen and oxygen atoms in total. The standard InChI is InChI=1S/C6H7F5/c1-3(6(9,10)11)5(8)4(2)7/h4H,1-2H3. The molecule has 0 fully saturated rings. The van der Waals surface area contributed by atoms with Gasteiger partial charge in [0.15, 0.2) is 0 Å². The molecule has 0 spiro atoms. The summed E-state index contributed by atoms with van der Waals surface area (Å²) in [6.45, 7) is 1.22. The van der Waals surface area contributed by atoms with Gasteiger partial charge in [0.2, 0.25) is 0 Å². The van der Waals surface area contributed by atoms with Crippen LogP contribution in [-0.4, -0.2) is 12.3 Å². The maximum absolute atomic E-state index is 12.2. The molecule has 0 aliphatic carbocycles. The second kappa shape index (κ2) is 3.19. The molecular formula is C6H7F5.